The first-order chi connectivity index (χ1) is 11.2. The van der Waals surface area contributed by atoms with Crippen LogP contribution in [0, 0.1) is 11.7 Å². The van der Waals surface area contributed by atoms with Crippen molar-refractivity contribution in [2.45, 2.75) is 31.8 Å². The average Bonchev–Trinajstić information content (AvgIpc) is 2.60. The van der Waals surface area contributed by atoms with E-state index < -0.39 is 0 Å². The molecule has 2 aromatic rings. The molecule has 0 aliphatic carbocycles. The van der Waals surface area contributed by atoms with Crippen LogP contribution in [0.1, 0.15) is 19.8 Å². The van der Waals surface area contributed by atoms with Crippen LogP contribution in [0.15, 0.2) is 36.7 Å². The maximum atomic E-state index is 13.0. The molecule has 3 aliphatic rings. The summed E-state index contributed by atoms with van der Waals surface area (Å²) in [6.07, 6.45) is 6.12. The molecule has 2 bridgehead atoms. The highest BCUT2D eigenvalue weighted by atomic mass is 19.1. The van der Waals surface area contributed by atoms with Crippen LogP contribution < -0.4 is 5.32 Å². The zero-order chi connectivity index (χ0) is 15.8. The molecule has 4 heterocycles. The Balaban J connectivity index is 1.49. The van der Waals surface area contributed by atoms with E-state index in [0.29, 0.717) is 18.0 Å². The van der Waals surface area contributed by atoms with Crippen LogP contribution in [0.2, 0.25) is 0 Å². The van der Waals surface area contributed by atoms with E-state index in [0.717, 1.165) is 17.0 Å². The second kappa shape index (κ2) is 5.89. The van der Waals surface area contributed by atoms with E-state index in [4.69, 9.17) is 0 Å². The maximum absolute atomic E-state index is 13.0. The fourth-order valence-electron chi connectivity index (χ4n) is 3.89. The van der Waals surface area contributed by atoms with Gasteiger partial charge in [-0.1, -0.05) is 12.1 Å². The molecule has 23 heavy (non-hydrogen) atoms. The normalized spacial score (nSPS) is 29.5. The van der Waals surface area contributed by atoms with E-state index in [1.165, 1.54) is 38.1 Å². The van der Waals surface area contributed by atoms with Crippen LogP contribution in [0.4, 0.5) is 10.3 Å². The van der Waals surface area contributed by atoms with Gasteiger partial charge in [0.05, 0.1) is 0 Å². The summed E-state index contributed by atoms with van der Waals surface area (Å²) in [4.78, 5) is 11.5. The van der Waals surface area contributed by atoms with Gasteiger partial charge in [-0.3, -0.25) is 4.90 Å². The van der Waals surface area contributed by atoms with Crippen molar-refractivity contribution in [2.75, 3.05) is 18.4 Å². The third-order valence-corrected chi connectivity index (χ3v) is 5.30. The smallest absolute Gasteiger partial charge is 0.222 e. The topological polar surface area (TPSA) is 41.1 Å². The van der Waals surface area contributed by atoms with Crippen LogP contribution >= 0.6 is 0 Å². The van der Waals surface area contributed by atoms with E-state index in [1.54, 1.807) is 24.5 Å². The summed E-state index contributed by atoms with van der Waals surface area (Å²) >= 11 is 0. The average molecular weight is 312 g/mol. The van der Waals surface area contributed by atoms with Gasteiger partial charge in [-0.05, 0) is 56.5 Å². The summed E-state index contributed by atoms with van der Waals surface area (Å²) in [6, 6.07) is 7.36. The fraction of sp³-hybridized carbons (Fsp3) is 0.444. The Morgan fingerprint density at radius 1 is 1.04 bits per heavy atom. The van der Waals surface area contributed by atoms with Crippen molar-refractivity contribution in [1.82, 2.24) is 14.9 Å². The van der Waals surface area contributed by atoms with Gasteiger partial charge in [-0.25, -0.2) is 14.4 Å². The number of anilines is 1. The molecule has 0 spiro atoms. The van der Waals surface area contributed by atoms with E-state index in [9.17, 15) is 4.39 Å². The molecule has 0 radical (unpaired) electrons. The second-order valence-electron chi connectivity index (χ2n) is 6.59. The monoisotopic (exact) mass is 312 g/mol. The van der Waals surface area contributed by atoms with Crippen LogP contribution in [0.3, 0.4) is 0 Å². The summed E-state index contributed by atoms with van der Waals surface area (Å²) in [5, 5.41) is 3.53. The standard InChI is InChI=1S/C18H21FN4/c1-12-17(14-6-8-23(12)9-7-14)22-18-20-10-15(11-21-18)13-2-4-16(19)5-3-13/h2-5,10-12,14,17H,6-9H2,1H3,(H,20,21,22). The lowest BCUT2D eigenvalue weighted by molar-refractivity contribution is 0.0455. The molecule has 3 saturated heterocycles. The summed E-state index contributed by atoms with van der Waals surface area (Å²) < 4.78 is 13.0. The zero-order valence-electron chi connectivity index (χ0n) is 13.2. The van der Waals surface area contributed by atoms with Gasteiger partial charge in [0.15, 0.2) is 0 Å². The van der Waals surface area contributed by atoms with E-state index >= 15 is 0 Å². The molecule has 3 fully saturated rings. The molecule has 0 amide bonds. The number of halogens is 1. The number of rotatable bonds is 3. The number of aromatic nitrogens is 2. The van der Waals surface area contributed by atoms with Crippen LogP contribution in [0.25, 0.3) is 11.1 Å². The Hall–Kier alpha value is -2.01. The van der Waals surface area contributed by atoms with Crippen molar-refractivity contribution < 1.29 is 4.39 Å². The minimum Gasteiger partial charge on any atom is -0.350 e. The number of hydrogen-bond donors (Lipinski definition) is 1. The molecule has 2 unspecified atom stereocenters. The lowest BCUT2D eigenvalue weighted by Gasteiger charge is -2.49. The van der Waals surface area contributed by atoms with Crippen LogP contribution in [-0.4, -0.2) is 40.0 Å². The predicted octanol–water partition coefficient (Wildman–Crippen LogP) is 3.18. The summed E-state index contributed by atoms with van der Waals surface area (Å²) in [7, 11) is 0. The van der Waals surface area contributed by atoms with Gasteiger partial charge < -0.3 is 5.32 Å². The minimum atomic E-state index is -0.232. The number of benzene rings is 1. The lowest BCUT2D eigenvalue weighted by Crippen LogP contribution is -2.59. The highest BCUT2D eigenvalue weighted by molar-refractivity contribution is 5.61. The molecule has 1 N–H and O–H groups in total. The van der Waals surface area contributed by atoms with Gasteiger partial charge in [0.2, 0.25) is 5.95 Å². The van der Waals surface area contributed by atoms with Crippen molar-refractivity contribution in [3.63, 3.8) is 0 Å². The van der Waals surface area contributed by atoms with E-state index in [2.05, 4.69) is 27.1 Å². The molecule has 5 rings (SSSR count). The highest BCUT2D eigenvalue weighted by Gasteiger charge is 2.39. The van der Waals surface area contributed by atoms with E-state index in [1.807, 2.05) is 0 Å². The SMILES string of the molecule is CC1C(Nc2ncc(-c3ccc(F)cc3)cn2)C2CCN1CC2. The number of piperidine rings is 3. The van der Waals surface area contributed by atoms with Crippen molar-refractivity contribution in [3.05, 3.63) is 42.5 Å². The summed E-state index contributed by atoms with van der Waals surface area (Å²) in [6.45, 7) is 4.72. The Morgan fingerprint density at radius 3 is 2.30 bits per heavy atom. The molecule has 5 heteroatoms. The third-order valence-electron chi connectivity index (χ3n) is 5.30. The van der Waals surface area contributed by atoms with Crippen LogP contribution in [-0.2, 0) is 0 Å². The van der Waals surface area contributed by atoms with Gasteiger partial charge >= 0.3 is 0 Å². The van der Waals surface area contributed by atoms with Crippen molar-refractivity contribution in [3.8, 4) is 11.1 Å². The minimum absolute atomic E-state index is 0.232. The van der Waals surface area contributed by atoms with Gasteiger partial charge in [0.1, 0.15) is 5.82 Å². The van der Waals surface area contributed by atoms with Gasteiger partial charge in [0, 0.05) is 30.0 Å². The molecule has 3 aliphatic heterocycles. The fourth-order valence-corrected chi connectivity index (χ4v) is 3.89. The third kappa shape index (κ3) is 2.81. The Kier molecular flexibility index (Phi) is 3.73. The molecule has 1 aromatic heterocycles. The number of nitrogens with one attached hydrogen (secondary N) is 1. The van der Waals surface area contributed by atoms with E-state index in [-0.39, 0.29) is 5.82 Å². The van der Waals surface area contributed by atoms with Crippen molar-refractivity contribution >= 4 is 5.95 Å². The van der Waals surface area contributed by atoms with Crippen LogP contribution in [0.5, 0.6) is 0 Å². The van der Waals surface area contributed by atoms with Gasteiger partial charge in [0.25, 0.3) is 0 Å². The Morgan fingerprint density at radius 2 is 1.70 bits per heavy atom. The zero-order valence-corrected chi connectivity index (χ0v) is 13.2. The highest BCUT2D eigenvalue weighted by Crippen LogP contribution is 2.33. The predicted molar refractivity (Wildman–Crippen MR) is 88.6 cm³/mol. The first-order valence-corrected chi connectivity index (χ1v) is 8.29. The Labute approximate surface area is 135 Å². The van der Waals surface area contributed by atoms with Gasteiger partial charge in [-0.2, -0.15) is 0 Å². The first-order valence-electron chi connectivity index (χ1n) is 8.29. The second-order valence-corrected chi connectivity index (χ2v) is 6.59. The maximum Gasteiger partial charge on any atom is 0.222 e. The summed E-state index contributed by atoms with van der Waals surface area (Å²) in [5.74, 6) is 1.17. The molecule has 4 nitrogen and oxygen atoms in total. The molecule has 120 valence electrons. The summed E-state index contributed by atoms with van der Waals surface area (Å²) in [5.41, 5.74) is 1.83. The number of nitrogens with zero attached hydrogens (tertiary/aromatic N) is 3. The van der Waals surface area contributed by atoms with Crippen molar-refractivity contribution in [1.29, 1.82) is 0 Å². The molecule has 1 aromatic carbocycles. The quantitative estimate of drug-likeness (QED) is 0.945. The van der Waals surface area contributed by atoms with Gasteiger partial charge in [-0.15, -0.1) is 0 Å². The largest absolute Gasteiger partial charge is 0.350 e. The molecule has 2 atom stereocenters. The first kappa shape index (κ1) is 14.6. The Bertz CT molecular complexity index is 660. The molecular weight excluding hydrogens is 291 g/mol. The number of hydrogen-bond acceptors (Lipinski definition) is 4. The van der Waals surface area contributed by atoms with Crippen molar-refractivity contribution in [2.24, 2.45) is 5.92 Å². The lowest BCUT2D eigenvalue weighted by atomic mass is 9.79. The number of fused-ring (bicyclic) bond motifs is 3. The molecular formula is C18H21FN4. The molecule has 0 saturated carbocycles.